The molecule has 1 amide bonds. The van der Waals surface area contributed by atoms with Gasteiger partial charge in [-0.1, -0.05) is 244 Å². The van der Waals surface area contributed by atoms with E-state index in [1.165, 1.54) is 180 Å². The second kappa shape index (κ2) is 52.0. The predicted molar refractivity (Wildman–Crippen MR) is 269 cm³/mol. The Hall–Kier alpha value is -1.66. The number of carbonyl (C=O) groups excluding carboxylic acids is 2. The number of ether oxygens (including phenoxy) is 1. The first-order chi connectivity index (χ1) is 30.5. The quantitative estimate of drug-likeness (QED) is 0.0321. The lowest BCUT2D eigenvalue weighted by Gasteiger charge is -2.22. The highest BCUT2D eigenvalue weighted by Gasteiger charge is 2.20. The summed E-state index contributed by atoms with van der Waals surface area (Å²) >= 11 is 0. The van der Waals surface area contributed by atoms with Crippen molar-refractivity contribution in [3.63, 3.8) is 0 Å². The zero-order valence-electron chi connectivity index (χ0n) is 41.6. The monoisotopic (exact) mass is 874 g/mol. The molecule has 0 bridgehead atoms. The molecule has 2 unspecified atom stereocenters. The third-order valence-corrected chi connectivity index (χ3v) is 12.8. The predicted octanol–water partition coefficient (Wildman–Crippen LogP) is 16.7. The first-order valence-electron chi connectivity index (χ1n) is 27.6. The van der Waals surface area contributed by atoms with Crippen LogP contribution in [0.1, 0.15) is 296 Å². The van der Waals surface area contributed by atoms with Gasteiger partial charge < -0.3 is 20.3 Å². The first-order valence-corrected chi connectivity index (χ1v) is 27.6. The van der Waals surface area contributed by atoms with E-state index in [2.05, 4.69) is 43.5 Å². The molecular formula is C56H107NO5. The Kier molecular flexibility index (Phi) is 50.6. The molecule has 0 fully saturated rings. The number of allylic oxidation sites excluding steroid dienone is 4. The van der Waals surface area contributed by atoms with Gasteiger partial charge in [-0.2, -0.15) is 0 Å². The van der Waals surface area contributed by atoms with Crippen molar-refractivity contribution in [3.8, 4) is 0 Å². The molecule has 0 saturated carbocycles. The van der Waals surface area contributed by atoms with Gasteiger partial charge in [-0.25, -0.2) is 0 Å². The summed E-state index contributed by atoms with van der Waals surface area (Å²) in [5.74, 6) is -0.0634. The van der Waals surface area contributed by atoms with Crippen LogP contribution in [0.15, 0.2) is 24.3 Å². The van der Waals surface area contributed by atoms with Gasteiger partial charge in [0.2, 0.25) is 5.91 Å². The maximum atomic E-state index is 12.4. The summed E-state index contributed by atoms with van der Waals surface area (Å²) in [6, 6.07) is -0.552. The van der Waals surface area contributed by atoms with Crippen LogP contribution in [0.3, 0.4) is 0 Å². The van der Waals surface area contributed by atoms with E-state index in [9.17, 15) is 19.8 Å². The summed E-state index contributed by atoms with van der Waals surface area (Å²) in [6.45, 7) is 4.91. The van der Waals surface area contributed by atoms with Crippen molar-refractivity contribution >= 4 is 11.9 Å². The third-order valence-electron chi connectivity index (χ3n) is 12.8. The fourth-order valence-electron chi connectivity index (χ4n) is 8.49. The summed E-state index contributed by atoms with van der Waals surface area (Å²) in [5.41, 5.74) is 0. The van der Waals surface area contributed by atoms with E-state index in [1.807, 2.05) is 0 Å². The molecule has 0 aliphatic heterocycles. The van der Waals surface area contributed by atoms with Crippen LogP contribution >= 0.6 is 0 Å². The molecule has 6 heteroatoms. The number of hydrogen-bond acceptors (Lipinski definition) is 5. The number of rotatable bonds is 51. The van der Waals surface area contributed by atoms with Gasteiger partial charge in [0.1, 0.15) is 0 Å². The van der Waals surface area contributed by atoms with Crippen LogP contribution in [0.2, 0.25) is 0 Å². The average Bonchev–Trinajstić information content (AvgIpc) is 3.27. The molecule has 62 heavy (non-hydrogen) atoms. The van der Waals surface area contributed by atoms with E-state index in [1.54, 1.807) is 0 Å². The molecule has 0 saturated heterocycles. The second-order valence-electron chi connectivity index (χ2n) is 18.9. The van der Waals surface area contributed by atoms with Crippen LogP contribution in [0.25, 0.3) is 0 Å². The van der Waals surface area contributed by atoms with Gasteiger partial charge in [-0.3, -0.25) is 9.59 Å². The van der Waals surface area contributed by atoms with Crippen LogP contribution in [-0.4, -0.2) is 47.4 Å². The van der Waals surface area contributed by atoms with E-state index in [0.717, 1.165) is 83.5 Å². The zero-order chi connectivity index (χ0) is 45.1. The second-order valence-corrected chi connectivity index (χ2v) is 18.9. The molecule has 0 aliphatic rings. The Balaban J connectivity index is 3.47. The SMILES string of the molecule is CCCCCCCCCCCCCCCCCCC(=O)OCCCCC/C=C\C/C=C\CCCCCCCCCC(=O)NC(CO)C(O)CCCCCCCCCCCCCC. The van der Waals surface area contributed by atoms with Crippen LogP contribution in [0, 0.1) is 0 Å². The fraction of sp³-hybridized carbons (Fsp3) is 0.893. The van der Waals surface area contributed by atoms with Crippen LogP contribution in [0.4, 0.5) is 0 Å². The van der Waals surface area contributed by atoms with E-state index < -0.39 is 12.1 Å². The van der Waals surface area contributed by atoms with Crippen molar-refractivity contribution in [2.75, 3.05) is 13.2 Å². The summed E-state index contributed by atoms with van der Waals surface area (Å²) in [7, 11) is 0. The number of hydrogen-bond donors (Lipinski definition) is 3. The van der Waals surface area contributed by atoms with Gasteiger partial charge in [0, 0.05) is 12.8 Å². The van der Waals surface area contributed by atoms with Gasteiger partial charge in [-0.15, -0.1) is 0 Å². The lowest BCUT2D eigenvalue weighted by molar-refractivity contribution is -0.143. The van der Waals surface area contributed by atoms with Crippen molar-refractivity contribution in [1.82, 2.24) is 5.32 Å². The van der Waals surface area contributed by atoms with Crippen LogP contribution in [0.5, 0.6) is 0 Å². The Morgan fingerprint density at radius 3 is 1.23 bits per heavy atom. The smallest absolute Gasteiger partial charge is 0.305 e. The highest BCUT2D eigenvalue weighted by atomic mass is 16.5. The zero-order valence-corrected chi connectivity index (χ0v) is 41.6. The van der Waals surface area contributed by atoms with Crippen molar-refractivity contribution < 1.29 is 24.5 Å². The van der Waals surface area contributed by atoms with E-state index in [-0.39, 0.29) is 18.5 Å². The molecule has 366 valence electrons. The Morgan fingerprint density at radius 1 is 0.452 bits per heavy atom. The number of unbranched alkanes of at least 4 members (excludes halogenated alkanes) is 36. The normalized spacial score (nSPS) is 12.8. The molecular weight excluding hydrogens is 767 g/mol. The number of aliphatic hydroxyl groups is 2. The molecule has 0 radical (unpaired) electrons. The largest absolute Gasteiger partial charge is 0.466 e. The number of amides is 1. The van der Waals surface area contributed by atoms with Crippen molar-refractivity contribution in [1.29, 1.82) is 0 Å². The summed E-state index contributed by atoms with van der Waals surface area (Å²) in [5, 5.41) is 23.2. The Bertz CT molecular complexity index is 966. The Labute approximate surface area is 386 Å². The minimum Gasteiger partial charge on any atom is -0.466 e. The fourth-order valence-corrected chi connectivity index (χ4v) is 8.49. The van der Waals surface area contributed by atoms with E-state index in [0.29, 0.717) is 25.9 Å². The van der Waals surface area contributed by atoms with Crippen molar-refractivity contribution in [2.45, 2.75) is 309 Å². The highest BCUT2D eigenvalue weighted by Crippen LogP contribution is 2.17. The summed E-state index contributed by atoms with van der Waals surface area (Å²) in [4.78, 5) is 24.5. The molecule has 0 aromatic heterocycles. The molecule has 3 N–H and O–H groups in total. The molecule has 0 aromatic carbocycles. The molecule has 0 rings (SSSR count). The van der Waals surface area contributed by atoms with E-state index >= 15 is 0 Å². The minimum absolute atomic E-state index is 0.0121. The number of aliphatic hydroxyl groups excluding tert-OH is 2. The van der Waals surface area contributed by atoms with Gasteiger partial charge in [0.25, 0.3) is 0 Å². The lowest BCUT2D eigenvalue weighted by Crippen LogP contribution is -2.45. The number of esters is 1. The van der Waals surface area contributed by atoms with Crippen molar-refractivity contribution in [3.05, 3.63) is 24.3 Å². The van der Waals surface area contributed by atoms with Gasteiger partial charge in [-0.05, 0) is 64.2 Å². The maximum Gasteiger partial charge on any atom is 0.305 e. The standard InChI is InChI=1S/C56H107NO5/c1-3-5-7-9-11-13-15-17-18-23-26-30-34-38-42-46-50-56(61)62-51-47-43-39-35-31-27-24-21-19-20-22-25-29-33-37-41-45-49-55(60)57-53(52-58)54(59)48-44-40-36-32-28-16-14-12-10-8-6-4-2/h19,21,27,31,53-54,58-59H,3-18,20,22-26,28-30,32-52H2,1-2H3,(H,57,60)/b21-19-,31-27-. The number of carbonyl (C=O) groups is 2. The maximum absolute atomic E-state index is 12.4. The average molecular weight is 874 g/mol. The molecule has 0 heterocycles. The molecule has 2 atom stereocenters. The van der Waals surface area contributed by atoms with Gasteiger partial charge in [0.05, 0.1) is 25.4 Å². The third kappa shape index (κ3) is 47.8. The Morgan fingerprint density at radius 2 is 0.806 bits per heavy atom. The molecule has 0 spiro atoms. The van der Waals surface area contributed by atoms with Crippen LogP contribution < -0.4 is 5.32 Å². The topological polar surface area (TPSA) is 95.9 Å². The highest BCUT2D eigenvalue weighted by molar-refractivity contribution is 5.76. The molecule has 6 nitrogen and oxygen atoms in total. The molecule has 0 aliphatic carbocycles. The van der Waals surface area contributed by atoms with E-state index in [4.69, 9.17) is 4.74 Å². The van der Waals surface area contributed by atoms with Gasteiger partial charge >= 0.3 is 5.97 Å². The first kappa shape index (κ1) is 60.3. The van der Waals surface area contributed by atoms with Crippen molar-refractivity contribution in [2.24, 2.45) is 0 Å². The summed E-state index contributed by atoms with van der Waals surface area (Å²) in [6.07, 6.45) is 61.6. The summed E-state index contributed by atoms with van der Waals surface area (Å²) < 4.78 is 5.46. The molecule has 0 aromatic rings. The number of nitrogens with one attached hydrogen (secondary N) is 1. The lowest BCUT2D eigenvalue weighted by atomic mass is 10.0. The van der Waals surface area contributed by atoms with Gasteiger partial charge in [0.15, 0.2) is 0 Å². The minimum atomic E-state index is -0.673. The van der Waals surface area contributed by atoms with Crippen LogP contribution in [-0.2, 0) is 14.3 Å².